The second kappa shape index (κ2) is 48.5. The number of Topliss-reactive ketones (excluding diaryl/α,β-unsaturated/α-hetero) is 1. The summed E-state index contributed by atoms with van der Waals surface area (Å²) in [5, 5.41) is 63.5. The number of allylic oxidation sites excluding steroid dienone is 5. The highest BCUT2D eigenvalue weighted by atomic mass is 16.6. The van der Waals surface area contributed by atoms with Crippen LogP contribution >= 0.6 is 0 Å². The van der Waals surface area contributed by atoms with Gasteiger partial charge in [-0.2, -0.15) is 10.1 Å². The van der Waals surface area contributed by atoms with E-state index in [1.54, 1.807) is 62.9 Å². The van der Waals surface area contributed by atoms with Crippen molar-refractivity contribution >= 4 is 87.0 Å². The second-order valence-corrected chi connectivity index (χ2v) is 35.8. The van der Waals surface area contributed by atoms with Crippen LogP contribution in [0.15, 0.2) is 100 Å². The smallest absolute Gasteiger partial charge is 0.329 e. The Balaban J connectivity index is 0.582. The maximum atomic E-state index is 14.8. The molecule has 2 bridgehead atoms. The fraction of sp³-hybridized carbons (Fsp3) is 0.628. The molecule has 5 aromatic heterocycles. The lowest BCUT2D eigenvalue weighted by Gasteiger charge is -2.43. The van der Waals surface area contributed by atoms with Crippen molar-refractivity contribution in [3.63, 3.8) is 0 Å². The number of nitrogens with two attached hydrogens (primary N) is 2. The van der Waals surface area contributed by atoms with Crippen molar-refractivity contribution in [2.75, 3.05) is 141 Å². The molecular weight excluding hydrogens is 1700 g/mol. The fourth-order valence-electron chi connectivity index (χ4n) is 18.3. The molecule has 10 N–H and O–H groups in total. The number of aryl methyl sites for hydroxylation is 1. The number of methoxy groups -OCH3 is 3. The number of piperazine rings is 1. The van der Waals surface area contributed by atoms with Crippen LogP contribution < -0.4 is 31.9 Å². The van der Waals surface area contributed by atoms with Gasteiger partial charge in [0.05, 0.1) is 92.5 Å². The van der Waals surface area contributed by atoms with Crippen LogP contribution in [0.4, 0.5) is 23.7 Å². The number of aliphatic hydroxyl groups excluding tert-OH is 3. The molecular formula is C94H134N18O20. The summed E-state index contributed by atoms with van der Waals surface area (Å²) in [5.41, 5.74) is 18.8. The van der Waals surface area contributed by atoms with Crippen LogP contribution in [0, 0.1) is 35.5 Å². The molecule has 0 unspecified atom stereocenters. The minimum atomic E-state index is -2.47. The number of oxazole rings is 1. The van der Waals surface area contributed by atoms with Crippen LogP contribution in [0.3, 0.4) is 0 Å². The number of ketones is 1. The molecule has 38 nitrogen and oxygen atoms in total. The van der Waals surface area contributed by atoms with Gasteiger partial charge in [-0.05, 0) is 138 Å². The highest BCUT2D eigenvalue weighted by molar-refractivity contribution is 6.39. The number of benzene rings is 1. The van der Waals surface area contributed by atoms with E-state index in [1.807, 2.05) is 68.2 Å². The number of nitrogens with one attached hydrogen (secondary N) is 2. The standard InChI is InChI=1S/C94H134N18O20/c1-57-18-12-11-13-19-58(2)75(123-8)49-68-24-21-63(7)94(122,132-68)85(118)89(120)111-31-16-14-20-71(111)90(121)130-76(60(4)46-64-22-25-72(113)77(47-64)124-9)50-73(114)59(3)45-62(6)83(117)84(125-10)81(61(5)44-57)107-129-55-79(116)110-33-27-69-67(54-110)53-101-93(105-69)109-36-34-108(35-37-109)92-99-51-66(52-100-92)88(119)98-30-39-127-41-43-128-42-40-126-38-28-78(115)97-29-15-17-32-112-87-80(86(95)102-56-103-87)82(106-112)65-23-26-74-70(48-65)104-91(96)131-74/h11-13,18-19,23,26,45,48,51-53,56-57,59-61,63-64,68,71-73,75-77,83-84,113-114,117,122H,14-17,20-22,24-25,27-44,46-47,49-50,54-55H2,1-10H3,(H2,96,104)(H,97,115)(H,98,119)(H2,95,102,103)/b13-11+,18-12+,58-19+,62-45+,107-81+/t57-,59-,60-,61-,63-,64+,68+,71+,72-,73-,75+,76+,77-,83-,84+,94-/m1/s1. The van der Waals surface area contributed by atoms with E-state index in [4.69, 9.17) is 73.7 Å². The lowest BCUT2D eigenvalue weighted by atomic mass is 9.78. The van der Waals surface area contributed by atoms with Gasteiger partial charge in [0.1, 0.15) is 47.7 Å². The first-order chi connectivity index (χ1) is 63.6. The van der Waals surface area contributed by atoms with Gasteiger partial charge in [-0.15, -0.1) is 0 Å². The number of esters is 1. The molecule has 16 atom stereocenters. The summed E-state index contributed by atoms with van der Waals surface area (Å²) < 4.78 is 54.6. The van der Waals surface area contributed by atoms with E-state index in [0.29, 0.717) is 205 Å². The molecule has 38 heteroatoms. The zero-order valence-electron chi connectivity index (χ0n) is 77.7. The average Bonchev–Trinajstić information content (AvgIpc) is 1.67. The first-order valence-electron chi connectivity index (χ1n) is 46.5. The number of aliphatic hydroxyl groups is 4. The molecule has 4 amide bonds. The number of hydrogen-bond donors (Lipinski definition) is 8. The molecule has 1 aromatic carbocycles. The fourth-order valence-corrected chi connectivity index (χ4v) is 18.3. The Labute approximate surface area is 770 Å². The number of nitrogen functional groups attached to an aromatic ring is 2. The molecule has 0 spiro atoms. The predicted octanol–water partition coefficient (Wildman–Crippen LogP) is 7.15. The van der Waals surface area contributed by atoms with Crippen LogP contribution in [0.1, 0.15) is 166 Å². The predicted molar refractivity (Wildman–Crippen MR) is 491 cm³/mol. The number of nitrogens with zero attached hydrogens (tertiary/aromatic N) is 14. The third-order valence-electron chi connectivity index (χ3n) is 26.2. The Morgan fingerprint density at radius 3 is 2.23 bits per heavy atom. The Bertz CT molecular complexity index is 5000. The monoisotopic (exact) mass is 1840 g/mol. The van der Waals surface area contributed by atoms with Crippen molar-refractivity contribution in [3.05, 3.63) is 108 Å². The minimum absolute atomic E-state index is 0.0374. The van der Waals surface area contributed by atoms with Gasteiger partial charge in [0.2, 0.25) is 23.6 Å². The third-order valence-corrected chi connectivity index (χ3v) is 26.2. The van der Waals surface area contributed by atoms with Crippen molar-refractivity contribution in [3.8, 4) is 11.3 Å². The number of unbranched alkanes of at least 4 members (excludes halogenated alkanes) is 1. The van der Waals surface area contributed by atoms with Crippen molar-refractivity contribution in [2.24, 2.45) is 40.7 Å². The van der Waals surface area contributed by atoms with Crippen molar-refractivity contribution in [1.29, 1.82) is 0 Å². The molecule has 3 saturated heterocycles. The molecule has 5 aliphatic heterocycles. The number of rotatable bonds is 30. The number of carbonyl (C=O) groups excluding carboxylic acids is 6. The normalized spacial score (nSPS) is 27.9. The number of amides is 4. The lowest BCUT2D eigenvalue weighted by molar-refractivity contribution is -0.265. The maximum Gasteiger partial charge on any atom is 0.329 e. The number of oxime groups is 1. The summed E-state index contributed by atoms with van der Waals surface area (Å²) in [7, 11) is 4.62. The number of cyclic esters (lactones) is 1. The van der Waals surface area contributed by atoms with Gasteiger partial charge in [0.25, 0.3) is 29.5 Å². The first-order valence-corrected chi connectivity index (χ1v) is 46.5. The van der Waals surface area contributed by atoms with E-state index in [9.17, 15) is 49.2 Å². The number of fused-ring (bicyclic) bond motifs is 6. The highest BCUT2D eigenvalue weighted by Gasteiger charge is 2.53. The quantitative estimate of drug-likeness (QED) is 0.00729. The molecule has 0 radical (unpaired) electrons. The molecule has 1 aliphatic carbocycles. The molecule has 720 valence electrons. The Morgan fingerprint density at radius 2 is 1.48 bits per heavy atom. The highest BCUT2D eigenvalue weighted by Crippen LogP contribution is 2.40. The zero-order chi connectivity index (χ0) is 94.1. The summed E-state index contributed by atoms with van der Waals surface area (Å²) in [4.78, 5) is 128. The van der Waals surface area contributed by atoms with E-state index in [-0.39, 0.29) is 112 Å². The lowest BCUT2D eigenvalue weighted by Crippen LogP contribution is -2.61. The van der Waals surface area contributed by atoms with Gasteiger partial charge in [0, 0.05) is 160 Å². The SMILES string of the molecule is CO[C@H]1C[C@@H]2CC[C@@H](C)[C@@](O)(O2)C(=O)C(=O)N2CCCC[C@H]2C(=O)O[C@H]([C@H](C)C[C@@H]2CC[C@@H](O)[C@H](OC)C2)C[C@@H](O)[C@H](C)/C=C(\C)[C@@H](O)[C@@H](OC)/C(=N/OCC(=O)N2CCc3nc(N4CCN(c5ncc(C(=O)NCCOCCOCCOCCC(=O)NCCCCn6nc(-c7ccc8oc(N)nc8c7)c7c(N)ncnc76)cn5)CC4)ncc3C2)[C@H](C)C[C@H](C)/C=C/C=C/C=C/1C. The third kappa shape index (κ3) is 26.6. The molecule has 12 rings (SSSR count). The van der Waals surface area contributed by atoms with Gasteiger partial charge in [-0.25, -0.2) is 39.4 Å². The van der Waals surface area contributed by atoms with Crippen LogP contribution in [0.5, 0.6) is 0 Å². The molecule has 6 aliphatic rings. The van der Waals surface area contributed by atoms with Crippen molar-refractivity contribution in [1.82, 2.24) is 65.1 Å². The number of anilines is 4. The van der Waals surface area contributed by atoms with Crippen LogP contribution in [0.2, 0.25) is 0 Å². The van der Waals surface area contributed by atoms with Gasteiger partial charge < -0.3 is 109 Å². The van der Waals surface area contributed by atoms with Crippen LogP contribution in [-0.2, 0) is 86.2 Å². The summed E-state index contributed by atoms with van der Waals surface area (Å²) in [6, 6.07) is 4.38. The summed E-state index contributed by atoms with van der Waals surface area (Å²) in [6.45, 7) is 18.7. The largest absolute Gasteiger partial charge is 0.460 e. The number of hydrogen-bond acceptors (Lipinski definition) is 33. The topological polar surface area (TPSA) is 489 Å². The zero-order valence-corrected chi connectivity index (χ0v) is 77.7. The molecule has 132 heavy (non-hydrogen) atoms. The van der Waals surface area contributed by atoms with Gasteiger partial charge >= 0.3 is 5.97 Å². The Morgan fingerprint density at radius 1 is 0.742 bits per heavy atom. The van der Waals surface area contributed by atoms with Gasteiger partial charge in [0.15, 0.2) is 17.8 Å². The summed E-state index contributed by atoms with van der Waals surface area (Å²) in [6.07, 6.45) is 18.4. The summed E-state index contributed by atoms with van der Waals surface area (Å²) in [5.74, 6) is -6.85. The second-order valence-electron chi connectivity index (χ2n) is 35.8. The van der Waals surface area contributed by atoms with Crippen LogP contribution in [0.25, 0.3) is 33.4 Å². The number of ether oxygens (including phenoxy) is 8. The first kappa shape index (κ1) is 101. The molecule has 6 aromatic rings. The van der Waals surface area contributed by atoms with E-state index in [0.717, 1.165) is 28.8 Å². The molecule has 10 heterocycles. The maximum absolute atomic E-state index is 14.8. The van der Waals surface area contributed by atoms with E-state index in [1.165, 1.54) is 30.7 Å². The molecule has 4 fully saturated rings. The number of carbonyl (C=O) groups is 6. The van der Waals surface area contributed by atoms with Gasteiger partial charge in [-0.1, -0.05) is 76.2 Å². The van der Waals surface area contributed by atoms with Crippen molar-refractivity contribution in [2.45, 2.75) is 225 Å². The minimum Gasteiger partial charge on any atom is -0.460 e. The van der Waals surface area contributed by atoms with Crippen molar-refractivity contribution < 1.29 is 96.3 Å². The molecule has 1 saturated carbocycles. The number of aromatic nitrogens is 9. The average molecular weight is 1840 g/mol. The Hall–Kier alpha value is -10.4. The van der Waals surface area contributed by atoms with E-state index >= 15 is 0 Å². The van der Waals surface area contributed by atoms with E-state index in [2.05, 4.69) is 52.5 Å². The summed E-state index contributed by atoms with van der Waals surface area (Å²) >= 11 is 0. The van der Waals surface area contributed by atoms with Crippen LogP contribution in [-0.4, -0.2) is 297 Å². The van der Waals surface area contributed by atoms with E-state index < -0.39 is 90.7 Å². The van der Waals surface area contributed by atoms with Gasteiger partial charge in [-0.3, -0.25) is 24.0 Å². The number of piperidine rings is 1. The Kier molecular flexibility index (Phi) is 37.0.